The summed E-state index contributed by atoms with van der Waals surface area (Å²) >= 11 is 4.42. The second kappa shape index (κ2) is 8.54. The lowest BCUT2D eigenvalue weighted by Gasteiger charge is -2.08. The average molecular weight is 455 g/mol. The molecular weight excluding hydrogens is 440 g/mol. The van der Waals surface area contributed by atoms with Gasteiger partial charge in [0, 0.05) is 19.3 Å². The Bertz CT molecular complexity index is 948. The van der Waals surface area contributed by atoms with Crippen LogP contribution in [0.2, 0.25) is 0 Å². The Hall–Kier alpha value is -2.08. The van der Waals surface area contributed by atoms with E-state index in [1.54, 1.807) is 30.5 Å². The standard InChI is InChI=1S/C15H15BrN6O2S2/c16-11-4-7-15(25-11)26(23,24)19-10-9-18-13-5-6-14(22-21-13)20-12-3-1-2-8-17-12/h1-8,19H,9-10H2,(H,18,21)(H,17,20,22). The van der Waals surface area contributed by atoms with Crippen LogP contribution in [0.5, 0.6) is 0 Å². The minimum atomic E-state index is -3.49. The summed E-state index contributed by atoms with van der Waals surface area (Å²) in [6, 6.07) is 12.3. The van der Waals surface area contributed by atoms with E-state index in [2.05, 4.69) is 46.5 Å². The summed E-state index contributed by atoms with van der Waals surface area (Å²) in [4.78, 5) is 4.14. The molecule has 0 fully saturated rings. The van der Waals surface area contributed by atoms with Crippen molar-refractivity contribution >= 4 is 54.7 Å². The highest BCUT2D eigenvalue weighted by Gasteiger charge is 2.15. The first-order chi connectivity index (χ1) is 12.5. The molecule has 0 saturated heterocycles. The Kier molecular flexibility index (Phi) is 6.14. The quantitative estimate of drug-likeness (QED) is 0.448. The van der Waals surface area contributed by atoms with E-state index in [1.165, 1.54) is 0 Å². The normalized spacial score (nSPS) is 11.3. The molecule has 3 heterocycles. The summed E-state index contributed by atoms with van der Waals surface area (Å²) < 4.78 is 27.7. The summed E-state index contributed by atoms with van der Waals surface area (Å²) in [6.07, 6.45) is 1.68. The van der Waals surface area contributed by atoms with Crippen molar-refractivity contribution in [1.82, 2.24) is 19.9 Å². The van der Waals surface area contributed by atoms with Crippen LogP contribution in [0, 0.1) is 0 Å². The fourth-order valence-corrected chi connectivity index (χ4v) is 5.04. The van der Waals surface area contributed by atoms with E-state index in [4.69, 9.17) is 0 Å². The number of nitrogens with one attached hydrogen (secondary N) is 3. The van der Waals surface area contributed by atoms with Crippen LogP contribution in [0.4, 0.5) is 17.5 Å². The van der Waals surface area contributed by atoms with Gasteiger partial charge >= 0.3 is 0 Å². The smallest absolute Gasteiger partial charge is 0.250 e. The predicted octanol–water partition coefficient (Wildman–Crippen LogP) is 2.83. The molecule has 0 amide bonds. The Morgan fingerprint density at radius 1 is 0.962 bits per heavy atom. The van der Waals surface area contributed by atoms with Gasteiger partial charge in [-0.1, -0.05) is 6.07 Å². The number of pyridine rings is 1. The summed E-state index contributed by atoms with van der Waals surface area (Å²) in [5.74, 6) is 1.80. The topological polar surface area (TPSA) is 109 Å². The number of sulfonamides is 1. The molecule has 136 valence electrons. The Morgan fingerprint density at radius 2 is 1.77 bits per heavy atom. The van der Waals surface area contributed by atoms with Gasteiger partial charge in [0.15, 0.2) is 5.82 Å². The van der Waals surface area contributed by atoms with Crippen LogP contribution in [-0.2, 0) is 10.0 Å². The number of hydrogen-bond acceptors (Lipinski definition) is 8. The van der Waals surface area contributed by atoms with Gasteiger partial charge in [-0.05, 0) is 52.3 Å². The van der Waals surface area contributed by atoms with Gasteiger partial charge in [0.1, 0.15) is 15.8 Å². The zero-order valence-corrected chi connectivity index (χ0v) is 16.6. The largest absolute Gasteiger partial charge is 0.367 e. The molecule has 0 aliphatic carbocycles. The molecule has 8 nitrogen and oxygen atoms in total. The van der Waals surface area contributed by atoms with Crippen LogP contribution in [0.1, 0.15) is 0 Å². The number of rotatable bonds is 8. The van der Waals surface area contributed by atoms with Gasteiger partial charge in [0.25, 0.3) is 0 Å². The molecule has 0 aliphatic heterocycles. The SMILES string of the molecule is O=S(=O)(NCCNc1ccc(Nc2ccccn2)nn1)c1ccc(Br)s1. The van der Waals surface area contributed by atoms with Gasteiger partial charge < -0.3 is 10.6 Å². The van der Waals surface area contributed by atoms with Gasteiger partial charge in [-0.25, -0.2) is 18.1 Å². The fraction of sp³-hybridized carbons (Fsp3) is 0.133. The summed E-state index contributed by atoms with van der Waals surface area (Å²) in [5, 5.41) is 14.1. The third-order valence-corrected chi connectivity index (χ3v) is 6.70. The van der Waals surface area contributed by atoms with E-state index in [-0.39, 0.29) is 10.8 Å². The van der Waals surface area contributed by atoms with E-state index < -0.39 is 10.0 Å². The molecule has 0 spiro atoms. The average Bonchev–Trinajstić information content (AvgIpc) is 3.08. The fourth-order valence-electron chi connectivity index (χ4n) is 1.95. The number of thiophene rings is 1. The zero-order valence-electron chi connectivity index (χ0n) is 13.4. The van der Waals surface area contributed by atoms with Crippen molar-refractivity contribution < 1.29 is 8.42 Å². The third-order valence-electron chi connectivity index (χ3n) is 3.12. The number of aromatic nitrogens is 3. The molecule has 3 rings (SSSR count). The highest BCUT2D eigenvalue weighted by Crippen LogP contribution is 2.25. The predicted molar refractivity (Wildman–Crippen MR) is 105 cm³/mol. The van der Waals surface area contributed by atoms with Crippen LogP contribution >= 0.6 is 27.3 Å². The van der Waals surface area contributed by atoms with Crippen LogP contribution in [0.3, 0.4) is 0 Å². The molecule has 0 saturated carbocycles. The number of nitrogens with zero attached hydrogens (tertiary/aromatic N) is 3. The first-order valence-corrected chi connectivity index (χ1v) is 10.6. The molecule has 0 aromatic carbocycles. The zero-order chi connectivity index (χ0) is 18.4. The highest BCUT2D eigenvalue weighted by atomic mass is 79.9. The summed E-state index contributed by atoms with van der Waals surface area (Å²) in [7, 11) is -3.49. The third kappa shape index (κ3) is 5.21. The van der Waals surface area contributed by atoms with E-state index >= 15 is 0 Å². The molecule has 0 atom stereocenters. The van der Waals surface area contributed by atoms with Crippen molar-refractivity contribution in [3.05, 3.63) is 52.4 Å². The van der Waals surface area contributed by atoms with Crippen molar-refractivity contribution in [2.45, 2.75) is 4.21 Å². The summed E-state index contributed by atoms with van der Waals surface area (Å²) in [6.45, 7) is 0.612. The maximum absolute atomic E-state index is 12.1. The van der Waals surface area contributed by atoms with Gasteiger partial charge in [-0.2, -0.15) is 0 Å². The van der Waals surface area contributed by atoms with Gasteiger partial charge in [-0.3, -0.25) is 0 Å². The number of anilines is 3. The van der Waals surface area contributed by atoms with Crippen LogP contribution in [-0.4, -0.2) is 36.7 Å². The van der Waals surface area contributed by atoms with Crippen molar-refractivity contribution in [3.63, 3.8) is 0 Å². The van der Waals surface area contributed by atoms with E-state index in [0.29, 0.717) is 24.0 Å². The molecule has 0 aliphatic rings. The van der Waals surface area contributed by atoms with Crippen LogP contribution < -0.4 is 15.4 Å². The molecule has 3 aromatic heterocycles. The molecular formula is C15H15BrN6O2S2. The minimum absolute atomic E-state index is 0.230. The first kappa shape index (κ1) is 18.7. The summed E-state index contributed by atoms with van der Waals surface area (Å²) in [5.41, 5.74) is 0. The second-order valence-corrected chi connectivity index (χ2v) is 9.48. The Balaban J connectivity index is 1.46. The number of hydrogen-bond donors (Lipinski definition) is 3. The Labute approximate surface area is 163 Å². The molecule has 26 heavy (non-hydrogen) atoms. The van der Waals surface area contributed by atoms with E-state index in [9.17, 15) is 8.42 Å². The van der Waals surface area contributed by atoms with Gasteiger partial charge in [0.05, 0.1) is 3.79 Å². The van der Waals surface area contributed by atoms with Crippen molar-refractivity contribution in [2.75, 3.05) is 23.7 Å². The lowest BCUT2D eigenvalue weighted by molar-refractivity contribution is 0.585. The molecule has 0 radical (unpaired) electrons. The molecule has 0 bridgehead atoms. The Morgan fingerprint density at radius 3 is 2.42 bits per heavy atom. The van der Waals surface area contributed by atoms with E-state index in [1.807, 2.05) is 18.2 Å². The maximum atomic E-state index is 12.1. The lowest BCUT2D eigenvalue weighted by atomic mass is 10.4. The maximum Gasteiger partial charge on any atom is 0.250 e. The second-order valence-electron chi connectivity index (χ2n) is 5.03. The molecule has 3 aromatic rings. The van der Waals surface area contributed by atoms with Gasteiger partial charge in [-0.15, -0.1) is 21.5 Å². The van der Waals surface area contributed by atoms with Crippen molar-refractivity contribution in [2.24, 2.45) is 0 Å². The molecule has 0 unspecified atom stereocenters. The lowest BCUT2D eigenvalue weighted by Crippen LogP contribution is -2.28. The van der Waals surface area contributed by atoms with Gasteiger partial charge in [0.2, 0.25) is 10.0 Å². The van der Waals surface area contributed by atoms with Crippen molar-refractivity contribution in [3.8, 4) is 0 Å². The number of halogens is 1. The molecule has 3 N–H and O–H groups in total. The van der Waals surface area contributed by atoms with Crippen molar-refractivity contribution in [1.29, 1.82) is 0 Å². The van der Waals surface area contributed by atoms with Crippen LogP contribution in [0.15, 0.2) is 56.7 Å². The first-order valence-electron chi connectivity index (χ1n) is 7.53. The van der Waals surface area contributed by atoms with Crippen LogP contribution in [0.25, 0.3) is 0 Å². The van der Waals surface area contributed by atoms with E-state index in [0.717, 1.165) is 15.1 Å². The highest BCUT2D eigenvalue weighted by molar-refractivity contribution is 9.11. The monoisotopic (exact) mass is 454 g/mol. The minimum Gasteiger partial charge on any atom is -0.367 e. The molecule has 11 heteroatoms.